The molecule has 0 saturated carbocycles. The molecule has 1 aromatic rings. The SMILES string of the molecule is O=C(O)[C@H]1CCN[C@@H]1c1ccccc1Cl. The van der Waals surface area contributed by atoms with Crippen molar-refractivity contribution < 1.29 is 9.90 Å². The van der Waals surface area contributed by atoms with Gasteiger partial charge in [0, 0.05) is 11.1 Å². The first-order valence-electron chi connectivity index (χ1n) is 4.91. The summed E-state index contributed by atoms with van der Waals surface area (Å²) in [4.78, 5) is 11.0. The number of carboxylic acid groups (broad SMARTS) is 1. The molecular weight excluding hydrogens is 214 g/mol. The third kappa shape index (κ3) is 1.98. The van der Waals surface area contributed by atoms with Gasteiger partial charge in [-0.1, -0.05) is 29.8 Å². The average Bonchev–Trinajstić information content (AvgIpc) is 2.67. The van der Waals surface area contributed by atoms with E-state index in [0.717, 1.165) is 12.1 Å². The van der Waals surface area contributed by atoms with Gasteiger partial charge in [-0.2, -0.15) is 0 Å². The Morgan fingerprint density at radius 3 is 2.87 bits per heavy atom. The molecule has 1 heterocycles. The fraction of sp³-hybridized carbons (Fsp3) is 0.364. The molecule has 1 saturated heterocycles. The summed E-state index contributed by atoms with van der Waals surface area (Å²) in [6, 6.07) is 7.23. The predicted octanol–water partition coefficient (Wildman–Crippen LogP) is 2.08. The van der Waals surface area contributed by atoms with E-state index in [0.29, 0.717) is 11.4 Å². The predicted molar refractivity (Wildman–Crippen MR) is 57.9 cm³/mol. The Morgan fingerprint density at radius 1 is 1.47 bits per heavy atom. The highest BCUT2D eigenvalue weighted by Gasteiger charge is 2.34. The van der Waals surface area contributed by atoms with Gasteiger partial charge in [0.2, 0.25) is 0 Å². The average molecular weight is 226 g/mol. The Bertz CT molecular complexity index is 381. The molecule has 0 aliphatic carbocycles. The van der Waals surface area contributed by atoms with Gasteiger partial charge >= 0.3 is 5.97 Å². The normalized spacial score (nSPS) is 25.4. The van der Waals surface area contributed by atoms with E-state index in [4.69, 9.17) is 16.7 Å². The molecule has 0 bridgehead atoms. The van der Waals surface area contributed by atoms with Crippen LogP contribution in [-0.2, 0) is 4.79 Å². The molecule has 0 aromatic heterocycles. The van der Waals surface area contributed by atoms with E-state index in [1.165, 1.54) is 0 Å². The summed E-state index contributed by atoms with van der Waals surface area (Å²) in [5.74, 6) is -1.13. The molecule has 0 spiro atoms. The quantitative estimate of drug-likeness (QED) is 0.810. The van der Waals surface area contributed by atoms with E-state index < -0.39 is 5.97 Å². The van der Waals surface area contributed by atoms with E-state index in [2.05, 4.69) is 5.32 Å². The zero-order chi connectivity index (χ0) is 10.8. The Kier molecular flexibility index (Phi) is 2.93. The van der Waals surface area contributed by atoms with Crippen LogP contribution in [0.5, 0.6) is 0 Å². The lowest BCUT2D eigenvalue weighted by Crippen LogP contribution is -2.23. The van der Waals surface area contributed by atoms with Gasteiger partial charge in [-0.3, -0.25) is 4.79 Å². The van der Waals surface area contributed by atoms with Crippen LogP contribution < -0.4 is 5.32 Å². The van der Waals surface area contributed by atoms with Crippen LogP contribution in [0.25, 0.3) is 0 Å². The zero-order valence-electron chi connectivity index (χ0n) is 8.11. The largest absolute Gasteiger partial charge is 0.481 e. The van der Waals surface area contributed by atoms with Crippen molar-refractivity contribution >= 4 is 17.6 Å². The molecule has 0 radical (unpaired) electrons. The molecule has 0 amide bonds. The van der Waals surface area contributed by atoms with Gasteiger partial charge in [0.1, 0.15) is 0 Å². The highest BCUT2D eigenvalue weighted by Crippen LogP contribution is 2.33. The maximum atomic E-state index is 11.0. The van der Waals surface area contributed by atoms with E-state index in [-0.39, 0.29) is 12.0 Å². The second-order valence-corrected chi connectivity index (χ2v) is 4.09. The number of nitrogens with one attached hydrogen (secondary N) is 1. The van der Waals surface area contributed by atoms with Crippen molar-refractivity contribution in [2.75, 3.05) is 6.54 Å². The number of hydrogen-bond acceptors (Lipinski definition) is 2. The highest BCUT2D eigenvalue weighted by atomic mass is 35.5. The number of carboxylic acids is 1. The van der Waals surface area contributed by atoms with Crippen LogP contribution in [0.2, 0.25) is 5.02 Å². The van der Waals surface area contributed by atoms with E-state index >= 15 is 0 Å². The zero-order valence-corrected chi connectivity index (χ0v) is 8.87. The molecule has 2 rings (SSSR count). The number of rotatable bonds is 2. The van der Waals surface area contributed by atoms with Gasteiger partial charge in [0.25, 0.3) is 0 Å². The summed E-state index contributed by atoms with van der Waals surface area (Å²) < 4.78 is 0. The Morgan fingerprint density at radius 2 is 2.20 bits per heavy atom. The number of carbonyl (C=O) groups is 1. The van der Waals surface area contributed by atoms with Crippen LogP contribution >= 0.6 is 11.6 Å². The van der Waals surface area contributed by atoms with Gasteiger partial charge in [-0.15, -0.1) is 0 Å². The van der Waals surface area contributed by atoms with Crippen LogP contribution in [0.15, 0.2) is 24.3 Å². The van der Waals surface area contributed by atoms with Gasteiger partial charge in [0.15, 0.2) is 0 Å². The lowest BCUT2D eigenvalue weighted by Gasteiger charge is -2.17. The second-order valence-electron chi connectivity index (χ2n) is 3.69. The lowest BCUT2D eigenvalue weighted by molar-refractivity contribution is -0.142. The smallest absolute Gasteiger partial charge is 0.308 e. The molecule has 2 atom stereocenters. The summed E-state index contributed by atoms with van der Waals surface area (Å²) in [6.07, 6.45) is 0.658. The fourth-order valence-electron chi connectivity index (χ4n) is 2.02. The van der Waals surface area contributed by atoms with Crippen LogP contribution in [0.4, 0.5) is 0 Å². The molecule has 1 aliphatic heterocycles. The number of aliphatic carboxylic acids is 1. The number of benzene rings is 1. The third-order valence-corrected chi connectivity index (χ3v) is 3.12. The molecule has 0 unspecified atom stereocenters. The second kappa shape index (κ2) is 4.21. The maximum absolute atomic E-state index is 11.0. The third-order valence-electron chi connectivity index (χ3n) is 2.78. The molecule has 80 valence electrons. The van der Waals surface area contributed by atoms with Gasteiger partial charge in [0.05, 0.1) is 5.92 Å². The Balaban J connectivity index is 2.30. The van der Waals surface area contributed by atoms with E-state index in [9.17, 15) is 4.79 Å². The van der Waals surface area contributed by atoms with Crippen molar-refractivity contribution in [2.24, 2.45) is 5.92 Å². The molecular formula is C11H12ClNO2. The Labute approximate surface area is 93.1 Å². The first-order valence-corrected chi connectivity index (χ1v) is 5.28. The van der Waals surface area contributed by atoms with Crippen molar-refractivity contribution in [1.29, 1.82) is 0 Å². The van der Waals surface area contributed by atoms with Crippen molar-refractivity contribution in [3.8, 4) is 0 Å². The highest BCUT2D eigenvalue weighted by molar-refractivity contribution is 6.31. The molecule has 1 aliphatic rings. The molecule has 4 heteroatoms. The first kappa shape index (κ1) is 10.5. The van der Waals surface area contributed by atoms with E-state index in [1.807, 2.05) is 18.2 Å². The minimum absolute atomic E-state index is 0.156. The van der Waals surface area contributed by atoms with Crippen LogP contribution in [-0.4, -0.2) is 17.6 Å². The van der Waals surface area contributed by atoms with Gasteiger partial charge in [-0.05, 0) is 24.6 Å². The van der Waals surface area contributed by atoms with Crippen LogP contribution in [0, 0.1) is 5.92 Å². The standard InChI is InChI=1S/C11H12ClNO2/c12-9-4-2-1-3-7(9)10-8(11(14)15)5-6-13-10/h1-4,8,10,13H,5-6H2,(H,14,15)/t8-,10+/m0/s1. The molecule has 3 nitrogen and oxygen atoms in total. The lowest BCUT2D eigenvalue weighted by atomic mass is 9.94. The number of hydrogen-bond donors (Lipinski definition) is 2. The van der Waals surface area contributed by atoms with Crippen molar-refractivity contribution in [2.45, 2.75) is 12.5 Å². The van der Waals surface area contributed by atoms with Crippen molar-refractivity contribution in [1.82, 2.24) is 5.32 Å². The van der Waals surface area contributed by atoms with E-state index in [1.54, 1.807) is 6.07 Å². The van der Waals surface area contributed by atoms with Gasteiger partial charge in [-0.25, -0.2) is 0 Å². The Hall–Kier alpha value is -1.06. The number of halogens is 1. The summed E-state index contributed by atoms with van der Waals surface area (Å²) in [5, 5.41) is 12.9. The minimum Gasteiger partial charge on any atom is -0.481 e. The van der Waals surface area contributed by atoms with Crippen LogP contribution in [0.3, 0.4) is 0 Å². The maximum Gasteiger partial charge on any atom is 0.308 e. The molecule has 1 aromatic carbocycles. The first-order chi connectivity index (χ1) is 7.20. The topological polar surface area (TPSA) is 49.3 Å². The monoisotopic (exact) mass is 225 g/mol. The summed E-state index contributed by atoms with van der Waals surface area (Å²) >= 11 is 6.04. The van der Waals surface area contributed by atoms with Crippen LogP contribution in [0.1, 0.15) is 18.0 Å². The molecule has 1 fully saturated rings. The van der Waals surface area contributed by atoms with Crippen molar-refractivity contribution in [3.63, 3.8) is 0 Å². The fourth-order valence-corrected chi connectivity index (χ4v) is 2.28. The molecule has 15 heavy (non-hydrogen) atoms. The van der Waals surface area contributed by atoms with Gasteiger partial charge < -0.3 is 10.4 Å². The van der Waals surface area contributed by atoms with Crippen molar-refractivity contribution in [3.05, 3.63) is 34.9 Å². The molecule has 2 N–H and O–H groups in total. The summed E-state index contributed by atoms with van der Waals surface area (Å²) in [5.41, 5.74) is 0.879. The summed E-state index contributed by atoms with van der Waals surface area (Å²) in [6.45, 7) is 0.729. The minimum atomic E-state index is -0.759. The summed E-state index contributed by atoms with van der Waals surface area (Å²) in [7, 11) is 0.